The van der Waals surface area contributed by atoms with Gasteiger partial charge in [0, 0.05) is 44.2 Å². The minimum atomic E-state index is -3.71. The van der Waals surface area contributed by atoms with Gasteiger partial charge in [0.2, 0.25) is 11.8 Å². The number of rotatable bonds is 2. The normalized spacial score (nSPS) is 25.7. The van der Waals surface area contributed by atoms with Gasteiger partial charge in [-0.3, -0.25) is 9.59 Å². The lowest BCUT2D eigenvalue weighted by molar-refractivity contribution is -0.142. The molecule has 0 spiro atoms. The molecule has 9 heteroatoms. The molecule has 1 aromatic carbocycles. The summed E-state index contributed by atoms with van der Waals surface area (Å²) in [6.45, 7) is 2.82. The molecule has 2 amide bonds. The lowest BCUT2D eigenvalue weighted by Crippen LogP contribution is -2.55. The van der Waals surface area contributed by atoms with Crippen molar-refractivity contribution in [3.8, 4) is 0 Å². The van der Waals surface area contributed by atoms with E-state index in [1.807, 2.05) is 14.7 Å². The smallest absolute Gasteiger partial charge is 0.285 e. The fourth-order valence-electron chi connectivity index (χ4n) is 4.52. The second-order valence-corrected chi connectivity index (χ2v) is 9.73. The Kier molecular flexibility index (Phi) is 4.38. The minimum absolute atomic E-state index is 0.00509. The number of hydrogen-bond acceptors (Lipinski definition) is 5. The molecule has 4 aliphatic rings. The van der Waals surface area contributed by atoms with Crippen molar-refractivity contribution in [1.82, 2.24) is 14.7 Å². The highest BCUT2D eigenvalue weighted by molar-refractivity contribution is 7.90. The highest BCUT2D eigenvalue weighted by atomic mass is 32.2. The number of benzene rings is 1. The van der Waals surface area contributed by atoms with Gasteiger partial charge in [0.25, 0.3) is 10.0 Å². The predicted molar refractivity (Wildman–Crippen MR) is 106 cm³/mol. The van der Waals surface area contributed by atoms with Crippen molar-refractivity contribution in [1.29, 1.82) is 0 Å². The molecular formula is C20H24N4O4S. The van der Waals surface area contributed by atoms with E-state index in [2.05, 4.69) is 4.40 Å². The Morgan fingerprint density at radius 1 is 0.897 bits per heavy atom. The molecule has 1 atom stereocenters. The summed E-state index contributed by atoms with van der Waals surface area (Å²) < 4.78 is 28.8. The Labute approximate surface area is 170 Å². The first-order valence-corrected chi connectivity index (χ1v) is 11.7. The Balaban J connectivity index is 1.32. The largest absolute Gasteiger partial charge is 0.343 e. The van der Waals surface area contributed by atoms with Crippen LogP contribution in [0.1, 0.15) is 31.2 Å². The maximum Gasteiger partial charge on any atom is 0.285 e. The fraction of sp³-hybridized carbons (Fsp3) is 0.550. The Bertz CT molecular complexity index is 993. The number of amides is 2. The third-order valence-electron chi connectivity index (χ3n) is 6.25. The zero-order valence-corrected chi connectivity index (χ0v) is 17.0. The molecule has 0 aromatic heterocycles. The van der Waals surface area contributed by atoms with E-state index in [1.54, 1.807) is 24.3 Å². The molecule has 0 N–H and O–H groups in total. The van der Waals surface area contributed by atoms with Gasteiger partial charge in [-0.05, 0) is 37.8 Å². The molecule has 1 unspecified atom stereocenters. The van der Waals surface area contributed by atoms with Crippen LogP contribution in [0.25, 0.3) is 0 Å². The van der Waals surface area contributed by atoms with Gasteiger partial charge in [0.05, 0.1) is 0 Å². The number of nitrogens with zero attached hydrogens (tertiary/aromatic N) is 4. The second kappa shape index (κ2) is 6.83. The monoisotopic (exact) mass is 416 g/mol. The Morgan fingerprint density at radius 2 is 1.55 bits per heavy atom. The van der Waals surface area contributed by atoms with E-state index >= 15 is 0 Å². The van der Waals surface area contributed by atoms with Crippen LogP contribution in [0.2, 0.25) is 0 Å². The van der Waals surface area contributed by atoms with Crippen molar-refractivity contribution >= 4 is 27.7 Å². The number of fused-ring (bicyclic) bond motifs is 1. The number of hydrogen-bond donors (Lipinski definition) is 0. The molecule has 1 aromatic rings. The predicted octanol–water partition coefficient (Wildman–Crippen LogP) is 0.681. The topological polar surface area (TPSA) is 90.4 Å². The molecule has 3 aliphatic heterocycles. The molecule has 1 saturated carbocycles. The van der Waals surface area contributed by atoms with Crippen LogP contribution in [-0.4, -0.2) is 79.5 Å². The summed E-state index contributed by atoms with van der Waals surface area (Å²) in [7, 11) is -3.71. The summed E-state index contributed by atoms with van der Waals surface area (Å²) in [5.74, 6) is 0.816. The summed E-state index contributed by atoms with van der Waals surface area (Å²) in [6, 6.07) is 6.38. The summed E-state index contributed by atoms with van der Waals surface area (Å²) >= 11 is 0. The van der Waals surface area contributed by atoms with Crippen molar-refractivity contribution in [3.63, 3.8) is 0 Å². The first-order valence-electron chi connectivity index (χ1n) is 10.2. The highest BCUT2D eigenvalue weighted by Gasteiger charge is 2.41. The van der Waals surface area contributed by atoms with Crippen LogP contribution in [0, 0.1) is 5.92 Å². The van der Waals surface area contributed by atoms with Crippen LogP contribution in [0.15, 0.2) is 33.6 Å². The lowest BCUT2D eigenvalue weighted by atomic mass is 10.1. The van der Waals surface area contributed by atoms with Crippen LogP contribution in [0.5, 0.6) is 0 Å². The highest BCUT2D eigenvalue weighted by Crippen LogP contribution is 2.33. The number of likely N-dealkylation sites (tertiary alicyclic amines) is 1. The molecule has 0 bridgehead atoms. The molecule has 1 aliphatic carbocycles. The molecule has 29 heavy (non-hydrogen) atoms. The molecule has 2 saturated heterocycles. The van der Waals surface area contributed by atoms with E-state index in [0.29, 0.717) is 50.5 Å². The first kappa shape index (κ1) is 18.6. The van der Waals surface area contributed by atoms with E-state index in [4.69, 9.17) is 0 Å². The van der Waals surface area contributed by atoms with Crippen molar-refractivity contribution in [2.24, 2.45) is 10.3 Å². The Morgan fingerprint density at radius 3 is 2.24 bits per heavy atom. The average Bonchev–Trinajstić information content (AvgIpc) is 3.41. The van der Waals surface area contributed by atoms with E-state index < -0.39 is 16.1 Å². The number of sulfonamides is 1. The van der Waals surface area contributed by atoms with Gasteiger partial charge < -0.3 is 14.7 Å². The lowest BCUT2D eigenvalue weighted by Gasteiger charge is -2.37. The molecule has 3 fully saturated rings. The number of carbonyl (C=O) groups excluding carboxylic acids is 2. The van der Waals surface area contributed by atoms with Gasteiger partial charge in [-0.2, -0.15) is 8.42 Å². The van der Waals surface area contributed by atoms with Crippen LogP contribution in [-0.2, 0) is 19.6 Å². The van der Waals surface area contributed by atoms with E-state index in [9.17, 15) is 18.0 Å². The van der Waals surface area contributed by atoms with Crippen LogP contribution in [0.4, 0.5) is 0 Å². The van der Waals surface area contributed by atoms with Gasteiger partial charge in [-0.1, -0.05) is 12.1 Å². The second-order valence-electron chi connectivity index (χ2n) is 8.16. The Hall–Kier alpha value is -2.42. The third-order valence-corrected chi connectivity index (χ3v) is 7.58. The summed E-state index contributed by atoms with van der Waals surface area (Å²) in [6.07, 6.45) is 3.47. The minimum Gasteiger partial charge on any atom is -0.343 e. The fourth-order valence-corrected chi connectivity index (χ4v) is 5.74. The van der Waals surface area contributed by atoms with Crippen molar-refractivity contribution in [2.45, 2.75) is 36.6 Å². The molecule has 3 heterocycles. The average molecular weight is 417 g/mol. The molecule has 154 valence electrons. The van der Waals surface area contributed by atoms with Gasteiger partial charge in [0.15, 0.2) is 5.84 Å². The van der Waals surface area contributed by atoms with E-state index in [0.717, 1.165) is 19.3 Å². The molecule has 8 nitrogen and oxygen atoms in total. The number of amidine groups is 1. The SMILES string of the molecule is O=C(C1CC1)N1CCN(C(=O)C2CCCN2C2=NS(=O)(=O)c3ccccc32)CC1. The third kappa shape index (κ3) is 3.21. The molecule has 5 rings (SSSR count). The number of carbonyl (C=O) groups is 2. The van der Waals surface area contributed by atoms with Crippen LogP contribution < -0.4 is 0 Å². The number of piperazine rings is 1. The maximum atomic E-state index is 13.2. The van der Waals surface area contributed by atoms with Gasteiger partial charge in [-0.15, -0.1) is 4.40 Å². The molecular weight excluding hydrogens is 392 g/mol. The van der Waals surface area contributed by atoms with Gasteiger partial charge >= 0.3 is 0 Å². The van der Waals surface area contributed by atoms with Crippen molar-refractivity contribution < 1.29 is 18.0 Å². The van der Waals surface area contributed by atoms with Crippen LogP contribution >= 0.6 is 0 Å². The zero-order valence-electron chi connectivity index (χ0n) is 16.2. The van der Waals surface area contributed by atoms with Crippen molar-refractivity contribution in [3.05, 3.63) is 29.8 Å². The van der Waals surface area contributed by atoms with Gasteiger partial charge in [-0.25, -0.2) is 0 Å². The zero-order chi connectivity index (χ0) is 20.2. The van der Waals surface area contributed by atoms with E-state index in [1.165, 1.54) is 0 Å². The van der Waals surface area contributed by atoms with E-state index in [-0.39, 0.29) is 22.6 Å². The summed E-state index contributed by atoms with van der Waals surface area (Å²) in [5.41, 5.74) is 0.576. The maximum absolute atomic E-state index is 13.2. The van der Waals surface area contributed by atoms with Crippen LogP contribution in [0.3, 0.4) is 0 Å². The van der Waals surface area contributed by atoms with Crippen molar-refractivity contribution in [2.75, 3.05) is 32.7 Å². The summed E-state index contributed by atoms with van der Waals surface area (Å²) in [5, 5.41) is 0. The quantitative estimate of drug-likeness (QED) is 0.707. The summed E-state index contributed by atoms with van der Waals surface area (Å²) in [4.78, 5) is 31.2. The first-order chi connectivity index (χ1) is 14.0. The molecule has 0 radical (unpaired) electrons. The van der Waals surface area contributed by atoms with Gasteiger partial charge in [0.1, 0.15) is 10.9 Å². The standard InChI is InChI=1S/C20H24N4O4S/c25-19(14-7-8-14)22-10-12-23(13-11-22)20(26)16-5-3-9-24(16)18-15-4-1-2-6-17(15)29(27,28)21-18/h1-2,4,6,14,16H,3,5,7-13H2.